The first-order valence-corrected chi connectivity index (χ1v) is 8.06. The van der Waals surface area contributed by atoms with E-state index in [-0.39, 0.29) is 6.42 Å². The molecule has 2 atom stereocenters. The highest BCUT2D eigenvalue weighted by atomic mass is 32.1. The number of halogens is 3. The zero-order chi connectivity index (χ0) is 15.0. The topological polar surface area (TPSA) is 29.3 Å². The van der Waals surface area contributed by atoms with Gasteiger partial charge in [-0.25, -0.2) is 4.98 Å². The Morgan fingerprint density at radius 3 is 2.90 bits per heavy atom. The SMILES string of the molecule is Cc1nc2sccn2c1CNC1CCCCC1C(F)(F)F. The number of imidazole rings is 1. The van der Waals surface area contributed by atoms with Crippen LogP contribution in [-0.2, 0) is 6.54 Å². The Labute approximate surface area is 125 Å². The van der Waals surface area contributed by atoms with Crippen LogP contribution in [0.2, 0.25) is 0 Å². The van der Waals surface area contributed by atoms with Crippen molar-refractivity contribution in [3.05, 3.63) is 23.0 Å². The quantitative estimate of drug-likeness (QED) is 0.930. The molecule has 2 unspecified atom stereocenters. The number of hydrogen-bond acceptors (Lipinski definition) is 3. The van der Waals surface area contributed by atoms with Crippen molar-refractivity contribution in [3.8, 4) is 0 Å². The monoisotopic (exact) mass is 317 g/mol. The van der Waals surface area contributed by atoms with Gasteiger partial charge in [0.25, 0.3) is 0 Å². The van der Waals surface area contributed by atoms with E-state index in [9.17, 15) is 13.2 Å². The van der Waals surface area contributed by atoms with Gasteiger partial charge >= 0.3 is 6.18 Å². The summed E-state index contributed by atoms with van der Waals surface area (Å²) in [6, 6.07) is -0.484. The van der Waals surface area contributed by atoms with Crippen LogP contribution in [0.25, 0.3) is 4.96 Å². The number of aryl methyl sites for hydroxylation is 1. The van der Waals surface area contributed by atoms with Crippen LogP contribution >= 0.6 is 11.3 Å². The van der Waals surface area contributed by atoms with Crippen LogP contribution in [0, 0.1) is 12.8 Å². The van der Waals surface area contributed by atoms with E-state index in [1.165, 1.54) is 11.3 Å². The van der Waals surface area contributed by atoms with Crippen molar-refractivity contribution in [3.63, 3.8) is 0 Å². The highest BCUT2D eigenvalue weighted by Crippen LogP contribution is 2.37. The summed E-state index contributed by atoms with van der Waals surface area (Å²) >= 11 is 1.53. The normalized spacial score (nSPS) is 23.8. The number of hydrogen-bond donors (Lipinski definition) is 1. The Balaban J connectivity index is 1.74. The molecule has 1 N–H and O–H groups in total. The predicted octanol–water partition coefficient (Wildman–Crippen LogP) is 3.91. The van der Waals surface area contributed by atoms with Crippen LogP contribution in [0.5, 0.6) is 0 Å². The number of nitrogens with one attached hydrogen (secondary N) is 1. The minimum absolute atomic E-state index is 0.237. The van der Waals surface area contributed by atoms with Crippen LogP contribution in [-0.4, -0.2) is 21.6 Å². The van der Waals surface area contributed by atoms with E-state index < -0.39 is 18.1 Å². The minimum Gasteiger partial charge on any atom is -0.308 e. The number of alkyl halides is 3. The number of nitrogens with zero attached hydrogens (tertiary/aromatic N) is 2. The number of fused-ring (bicyclic) bond motifs is 1. The molecule has 2 aromatic heterocycles. The second-order valence-corrected chi connectivity index (χ2v) is 6.49. The minimum atomic E-state index is -4.11. The fraction of sp³-hybridized carbons (Fsp3) is 0.643. The van der Waals surface area contributed by atoms with Crippen molar-refractivity contribution in [1.82, 2.24) is 14.7 Å². The van der Waals surface area contributed by atoms with Crippen molar-refractivity contribution >= 4 is 16.3 Å². The molecule has 1 aliphatic carbocycles. The van der Waals surface area contributed by atoms with Gasteiger partial charge in [0, 0.05) is 24.2 Å². The average Bonchev–Trinajstić information content (AvgIpc) is 2.96. The van der Waals surface area contributed by atoms with Crippen molar-refractivity contribution in [2.24, 2.45) is 5.92 Å². The van der Waals surface area contributed by atoms with Crippen molar-refractivity contribution in [2.45, 2.75) is 51.4 Å². The summed E-state index contributed by atoms with van der Waals surface area (Å²) < 4.78 is 41.2. The predicted molar refractivity (Wildman–Crippen MR) is 76.4 cm³/mol. The molecule has 2 heterocycles. The van der Waals surface area contributed by atoms with Gasteiger partial charge in [0.2, 0.25) is 0 Å². The molecule has 0 aliphatic heterocycles. The first-order chi connectivity index (χ1) is 9.97. The lowest BCUT2D eigenvalue weighted by molar-refractivity contribution is -0.189. The molecular formula is C14H18F3N3S. The zero-order valence-electron chi connectivity index (χ0n) is 11.8. The molecule has 3 rings (SSSR count). The summed E-state index contributed by atoms with van der Waals surface area (Å²) in [5.74, 6) is -1.22. The molecular weight excluding hydrogens is 299 g/mol. The first kappa shape index (κ1) is 14.8. The lowest BCUT2D eigenvalue weighted by Gasteiger charge is -2.33. The van der Waals surface area contributed by atoms with Crippen LogP contribution < -0.4 is 5.32 Å². The molecule has 0 spiro atoms. The Bertz CT molecular complexity index is 617. The fourth-order valence-electron chi connectivity index (χ4n) is 3.15. The van der Waals surface area contributed by atoms with E-state index in [0.717, 1.165) is 22.8 Å². The first-order valence-electron chi connectivity index (χ1n) is 7.18. The van der Waals surface area contributed by atoms with Crippen molar-refractivity contribution in [2.75, 3.05) is 0 Å². The lowest BCUT2D eigenvalue weighted by Crippen LogP contribution is -2.45. The molecule has 1 saturated carbocycles. The summed E-state index contributed by atoms with van der Waals surface area (Å²) in [7, 11) is 0. The number of thiazole rings is 1. The molecule has 1 fully saturated rings. The molecule has 0 amide bonds. The average molecular weight is 317 g/mol. The maximum Gasteiger partial charge on any atom is 0.393 e. The lowest BCUT2D eigenvalue weighted by atomic mass is 9.84. The van der Waals surface area contributed by atoms with Gasteiger partial charge in [-0.3, -0.25) is 4.40 Å². The number of rotatable bonds is 3. The smallest absolute Gasteiger partial charge is 0.308 e. The van der Waals surface area contributed by atoms with Gasteiger partial charge in [-0.1, -0.05) is 12.8 Å². The van der Waals surface area contributed by atoms with Gasteiger partial charge in [-0.15, -0.1) is 11.3 Å². The molecule has 3 nitrogen and oxygen atoms in total. The molecule has 0 radical (unpaired) electrons. The third-order valence-electron chi connectivity index (χ3n) is 4.28. The van der Waals surface area contributed by atoms with E-state index >= 15 is 0 Å². The van der Waals surface area contributed by atoms with Gasteiger partial charge in [0.15, 0.2) is 4.96 Å². The van der Waals surface area contributed by atoms with Crippen LogP contribution in [0.1, 0.15) is 37.1 Å². The maximum absolute atomic E-state index is 13.1. The molecule has 21 heavy (non-hydrogen) atoms. The second-order valence-electron chi connectivity index (χ2n) is 5.62. The highest BCUT2D eigenvalue weighted by molar-refractivity contribution is 7.15. The molecule has 0 aromatic carbocycles. The summed E-state index contributed by atoms with van der Waals surface area (Å²) in [6.07, 6.45) is 0.170. The fourth-order valence-corrected chi connectivity index (χ4v) is 3.93. The van der Waals surface area contributed by atoms with E-state index in [1.54, 1.807) is 0 Å². The summed E-state index contributed by atoms with van der Waals surface area (Å²) in [4.78, 5) is 5.31. The second kappa shape index (κ2) is 5.61. The zero-order valence-corrected chi connectivity index (χ0v) is 12.6. The van der Waals surface area contributed by atoms with Crippen LogP contribution in [0.3, 0.4) is 0 Å². The highest BCUT2D eigenvalue weighted by Gasteiger charge is 2.45. The van der Waals surface area contributed by atoms with Crippen LogP contribution in [0.15, 0.2) is 11.6 Å². The summed E-state index contributed by atoms with van der Waals surface area (Å²) in [5.41, 5.74) is 1.84. The Morgan fingerprint density at radius 1 is 1.38 bits per heavy atom. The van der Waals surface area contributed by atoms with Gasteiger partial charge in [0.05, 0.1) is 17.3 Å². The van der Waals surface area contributed by atoms with Crippen LogP contribution in [0.4, 0.5) is 13.2 Å². The Hall–Kier alpha value is -1.08. The van der Waals surface area contributed by atoms with Gasteiger partial charge in [0.1, 0.15) is 0 Å². The Morgan fingerprint density at radius 2 is 2.14 bits per heavy atom. The Kier molecular flexibility index (Phi) is 3.96. The molecule has 2 aromatic rings. The maximum atomic E-state index is 13.1. The summed E-state index contributed by atoms with van der Waals surface area (Å²) in [6.45, 7) is 2.33. The van der Waals surface area contributed by atoms with E-state index in [0.29, 0.717) is 19.4 Å². The number of aromatic nitrogens is 2. The standard InChI is InChI=1S/C14H18F3N3S/c1-9-12(20-6-7-21-13(20)19-9)8-18-11-5-3-2-4-10(11)14(15,16)17/h6-7,10-11,18H,2-5,8H2,1H3. The van der Waals surface area contributed by atoms with E-state index in [2.05, 4.69) is 10.3 Å². The summed E-state index contributed by atoms with van der Waals surface area (Å²) in [5, 5.41) is 5.06. The van der Waals surface area contributed by atoms with Gasteiger partial charge < -0.3 is 5.32 Å². The molecule has 0 saturated heterocycles. The van der Waals surface area contributed by atoms with E-state index in [4.69, 9.17) is 0 Å². The molecule has 1 aliphatic rings. The van der Waals surface area contributed by atoms with Crippen molar-refractivity contribution < 1.29 is 13.2 Å². The molecule has 7 heteroatoms. The third-order valence-corrected chi connectivity index (χ3v) is 5.04. The van der Waals surface area contributed by atoms with Crippen molar-refractivity contribution in [1.29, 1.82) is 0 Å². The van der Waals surface area contributed by atoms with Gasteiger partial charge in [-0.05, 0) is 19.8 Å². The van der Waals surface area contributed by atoms with E-state index in [1.807, 2.05) is 22.9 Å². The largest absolute Gasteiger partial charge is 0.393 e. The molecule has 0 bridgehead atoms. The third kappa shape index (κ3) is 2.94. The molecule has 116 valence electrons. The van der Waals surface area contributed by atoms with Gasteiger partial charge in [-0.2, -0.15) is 13.2 Å².